The summed E-state index contributed by atoms with van der Waals surface area (Å²) in [5.74, 6) is 0.692. The molecule has 0 unspecified atom stereocenters. The second-order valence-corrected chi connectivity index (χ2v) is 17.5. The molecule has 0 aliphatic rings. The lowest BCUT2D eigenvalue weighted by Crippen LogP contribution is -1.97. The molecule has 0 fully saturated rings. The van der Waals surface area contributed by atoms with Crippen molar-refractivity contribution in [2.24, 2.45) is 0 Å². The molecule has 0 aliphatic heterocycles. The minimum atomic E-state index is 0.692. The van der Waals surface area contributed by atoms with E-state index in [4.69, 9.17) is 9.97 Å². The highest BCUT2D eigenvalue weighted by molar-refractivity contribution is 7.26. The van der Waals surface area contributed by atoms with Gasteiger partial charge in [0.1, 0.15) is 0 Å². The van der Waals surface area contributed by atoms with Gasteiger partial charge in [-0.2, -0.15) is 0 Å². The van der Waals surface area contributed by atoms with Gasteiger partial charge in [-0.25, -0.2) is 9.97 Å². The Labute approximate surface area is 382 Å². The van der Waals surface area contributed by atoms with Crippen LogP contribution in [-0.2, 0) is 0 Å². The Morgan fingerprint density at radius 1 is 0.292 bits per heavy atom. The number of nitrogens with zero attached hydrogens (tertiary/aromatic N) is 2. The highest BCUT2D eigenvalue weighted by Gasteiger charge is 2.21. The van der Waals surface area contributed by atoms with E-state index in [0.29, 0.717) is 5.82 Å². The van der Waals surface area contributed by atoms with Crippen LogP contribution in [0.2, 0.25) is 0 Å². The third-order valence-corrected chi connectivity index (χ3v) is 13.6. The maximum Gasteiger partial charge on any atom is 0.160 e. The lowest BCUT2D eigenvalue weighted by atomic mass is 9.84. The smallest absolute Gasteiger partial charge is 0.160 e. The van der Waals surface area contributed by atoms with E-state index in [0.717, 1.165) is 50.3 Å². The molecule has 2 heterocycles. The fraction of sp³-hybridized carbons (Fsp3) is 0. The Bertz CT molecular complexity index is 3620. The summed E-state index contributed by atoms with van der Waals surface area (Å²) < 4.78 is 2.49. The zero-order chi connectivity index (χ0) is 43.1. The number of aromatic nitrogens is 2. The fourth-order valence-electron chi connectivity index (χ4n) is 9.37. The van der Waals surface area contributed by atoms with E-state index < -0.39 is 0 Å². The number of fused-ring (bicyclic) bond motifs is 5. The number of hydrogen-bond donors (Lipinski definition) is 0. The first-order valence-electron chi connectivity index (χ1n) is 22.1. The highest BCUT2D eigenvalue weighted by Crippen LogP contribution is 2.47. The van der Waals surface area contributed by atoms with Crippen molar-refractivity contribution < 1.29 is 0 Å². The Morgan fingerprint density at radius 3 is 1.38 bits per heavy atom. The largest absolute Gasteiger partial charge is 0.228 e. The molecule has 12 rings (SSSR count). The van der Waals surface area contributed by atoms with E-state index in [1.54, 1.807) is 0 Å². The summed E-state index contributed by atoms with van der Waals surface area (Å²) in [7, 11) is 0. The van der Waals surface area contributed by atoms with Crippen molar-refractivity contribution in [2.75, 3.05) is 0 Å². The Hall–Kier alpha value is -8.24. The van der Waals surface area contributed by atoms with E-state index in [1.807, 2.05) is 17.4 Å². The normalized spacial score (nSPS) is 11.4. The Kier molecular flexibility index (Phi) is 9.74. The summed E-state index contributed by atoms with van der Waals surface area (Å²) >= 11 is 1.84. The molecular formula is C62H40N2S. The second kappa shape index (κ2) is 16.5. The van der Waals surface area contributed by atoms with E-state index in [-0.39, 0.29) is 0 Å². The molecule has 0 N–H and O–H groups in total. The summed E-state index contributed by atoms with van der Waals surface area (Å²) in [5, 5.41) is 4.99. The first-order valence-corrected chi connectivity index (χ1v) is 22.9. The number of hydrogen-bond acceptors (Lipinski definition) is 3. The molecule has 0 amide bonds. The van der Waals surface area contributed by atoms with Gasteiger partial charge in [-0.1, -0.05) is 194 Å². The van der Waals surface area contributed by atoms with Crippen molar-refractivity contribution in [3.8, 4) is 89.5 Å². The maximum absolute atomic E-state index is 5.43. The minimum absolute atomic E-state index is 0.692. The van der Waals surface area contributed by atoms with Crippen molar-refractivity contribution in [1.82, 2.24) is 9.97 Å². The van der Waals surface area contributed by atoms with Crippen molar-refractivity contribution in [3.05, 3.63) is 243 Å². The van der Waals surface area contributed by atoms with Gasteiger partial charge in [-0.05, 0) is 115 Å². The van der Waals surface area contributed by atoms with Crippen molar-refractivity contribution >= 4 is 42.3 Å². The first-order chi connectivity index (χ1) is 32.2. The molecular weight excluding hydrogens is 805 g/mol. The molecule has 65 heavy (non-hydrogen) atoms. The van der Waals surface area contributed by atoms with Crippen molar-refractivity contribution in [3.63, 3.8) is 0 Å². The van der Waals surface area contributed by atoms with Gasteiger partial charge < -0.3 is 0 Å². The van der Waals surface area contributed by atoms with Crippen LogP contribution in [0.3, 0.4) is 0 Å². The molecule has 0 saturated heterocycles. The third-order valence-electron chi connectivity index (χ3n) is 12.4. The van der Waals surface area contributed by atoms with Crippen LogP contribution >= 0.6 is 11.3 Å². The monoisotopic (exact) mass is 844 g/mol. The Balaban J connectivity index is 1.14. The Morgan fingerprint density at radius 2 is 0.754 bits per heavy atom. The average Bonchev–Trinajstić information content (AvgIpc) is 3.79. The van der Waals surface area contributed by atoms with E-state index in [1.165, 1.54) is 64.3 Å². The molecule has 12 aromatic rings. The van der Waals surface area contributed by atoms with Crippen molar-refractivity contribution in [1.29, 1.82) is 0 Å². The average molecular weight is 845 g/mol. The van der Waals surface area contributed by atoms with Crippen LogP contribution in [0.4, 0.5) is 0 Å². The molecule has 3 heteroatoms. The molecule has 0 aliphatic carbocycles. The predicted molar refractivity (Wildman–Crippen MR) is 276 cm³/mol. The van der Waals surface area contributed by atoms with Crippen LogP contribution in [0.15, 0.2) is 243 Å². The summed E-state index contributed by atoms with van der Waals surface area (Å²) in [6.07, 6.45) is 0. The zero-order valence-electron chi connectivity index (χ0n) is 35.4. The summed E-state index contributed by atoms with van der Waals surface area (Å²) in [4.78, 5) is 10.8. The van der Waals surface area contributed by atoms with E-state index >= 15 is 0 Å². The number of benzene rings is 10. The van der Waals surface area contributed by atoms with Crippen LogP contribution in [0, 0.1) is 0 Å². The fourth-order valence-corrected chi connectivity index (χ4v) is 10.6. The van der Waals surface area contributed by atoms with Gasteiger partial charge in [0.15, 0.2) is 5.82 Å². The predicted octanol–water partition coefficient (Wildman–Crippen LogP) is 17.3. The van der Waals surface area contributed by atoms with Crippen LogP contribution < -0.4 is 0 Å². The molecule has 10 aromatic carbocycles. The molecule has 0 atom stereocenters. The lowest BCUT2D eigenvalue weighted by molar-refractivity contribution is 1.19. The maximum atomic E-state index is 5.43. The quantitative estimate of drug-likeness (QED) is 0.152. The molecule has 2 aromatic heterocycles. The highest BCUT2D eigenvalue weighted by atomic mass is 32.1. The van der Waals surface area contributed by atoms with Gasteiger partial charge >= 0.3 is 0 Å². The summed E-state index contributed by atoms with van der Waals surface area (Å²) in [5.41, 5.74) is 16.4. The summed E-state index contributed by atoms with van der Waals surface area (Å²) in [6.45, 7) is 0. The minimum Gasteiger partial charge on any atom is -0.228 e. The topological polar surface area (TPSA) is 25.8 Å². The van der Waals surface area contributed by atoms with Crippen LogP contribution in [0.1, 0.15) is 0 Å². The van der Waals surface area contributed by atoms with E-state index in [9.17, 15) is 0 Å². The standard InChI is InChI=1S/C62H40N2S/c1-6-20-41(21-7-1)47-34-48(49-38-53(42-22-8-2-9-23-42)59(44-26-12-4-13-27-44)54(39-49)43-24-10-3-11-25-43)36-50(35-47)56-40-57(64-62(63-56)45-28-14-5-15-29-45)55-37-46-30-16-17-31-51(46)60-52-32-18-19-33-58(52)65-61(55)60/h1-40H. The molecule has 0 bridgehead atoms. The summed E-state index contributed by atoms with van der Waals surface area (Å²) in [6, 6.07) is 87.2. The van der Waals surface area contributed by atoms with Gasteiger partial charge in [0.05, 0.1) is 11.4 Å². The second-order valence-electron chi connectivity index (χ2n) is 16.5. The molecule has 304 valence electrons. The van der Waals surface area contributed by atoms with Crippen LogP contribution in [-0.4, -0.2) is 9.97 Å². The SMILES string of the molecule is c1ccc(-c2cc(-c3cc(-c4ccccc4)c(-c4ccccc4)c(-c4ccccc4)c3)cc(-c3cc(-c4cc5ccccc5c5c4sc4ccccc45)nc(-c4ccccc4)n3)c2)cc1. The molecule has 2 nitrogen and oxygen atoms in total. The molecule has 0 radical (unpaired) electrons. The number of rotatable bonds is 8. The zero-order valence-corrected chi connectivity index (χ0v) is 36.2. The van der Waals surface area contributed by atoms with Crippen LogP contribution in [0.25, 0.3) is 120 Å². The third kappa shape index (κ3) is 7.19. The van der Waals surface area contributed by atoms with E-state index in [2.05, 4.69) is 237 Å². The lowest BCUT2D eigenvalue weighted by Gasteiger charge is -2.20. The number of thiophene rings is 1. The van der Waals surface area contributed by atoms with Gasteiger partial charge in [-0.15, -0.1) is 11.3 Å². The van der Waals surface area contributed by atoms with Gasteiger partial charge in [-0.3, -0.25) is 0 Å². The first kappa shape index (κ1) is 38.4. The molecule has 0 spiro atoms. The van der Waals surface area contributed by atoms with Gasteiger partial charge in [0.2, 0.25) is 0 Å². The molecule has 0 saturated carbocycles. The van der Waals surface area contributed by atoms with Crippen molar-refractivity contribution in [2.45, 2.75) is 0 Å². The van der Waals surface area contributed by atoms with Gasteiger partial charge in [0, 0.05) is 36.9 Å². The van der Waals surface area contributed by atoms with Crippen LogP contribution in [0.5, 0.6) is 0 Å². The van der Waals surface area contributed by atoms with Gasteiger partial charge in [0.25, 0.3) is 0 Å².